The third-order valence-electron chi connectivity index (χ3n) is 3.03. The van der Waals surface area contributed by atoms with E-state index in [1.165, 1.54) is 5.56 Å². The summed E-state index contributed by atoms with van der Waals surface area (Å²) in [5.41, 5.74) is 1.90. The van der Waals surface area contributed by atoms with Crippen molar-refractivity contribution in [3.05, 3.63) is 46.2 Å². The lowest BCUT2D eigenvalue weighted by Crippen LogP contribution is -2.25. The van der Waals surface area contributed by atoms with Gasteiger partial charge in [0.25, 0.3) is 5.91 Å². The molecule has 0 aliphatic heterocycles. The quantitative estimate of drug-likeness (QED) is 0.750. The first-order valence-corrected chi connectivity index (χ1v) is 8.93. The molecule has 0 bridgehead atoms. The monoisotopic (exact) mass is 337 g/mol. The van der Waals surface area contributed by atoms with Crippen LogP contribution in [0.4, 0.5) is 0 Å². The fourth-order valence-corrected chi connectivity index (χ4v) is 3.46. The Kier molecular flexibility index (Phi) is 6.61. The molecular formula is C16H19NO3S2. The van der Waals surface area contributed by atoms with E-state index in [2.05, 4.69) is 22.1 Å². The maximum Gasteiger partial charge on any atom is 0.251 e. The average Bonchev–Trinajstić information content (AvgIpc) is 3.07. The number of carbonyl (C=O) groups is 1. The minimum Gasteiger partial charge on any atom is -0.493 e. The van der Waals surface area contributed by atoms with Crippen molar-refractivity contribution >= 4 is 29.0 Å². The first kappa shape index (κ1) is 16.7. The van der Waals surface area contributed by atoms with Gasteiger partial charge in [-0.25, -0.2) is 0 Å². The number of methoxy groups -OCH3 is 2. The first-order valence-electron chi connectivity index (χ1n) is 6.83. The highest BCUT2D eigenvalue weighted by Gasteiger charge is 2.10. The lowest BCUT2D eigenvalue weighted by atomic mass is 10.2. The summed E-state index contributed by atoms with van der Waals surface area (Å²) in [5.74, 6) is 2.94. The zero-order valence-electron chi connectivity index (χ0n) is 12.6. The summed E-state index contributed by atoms with van der Waals surface area (Å²) in [5, 5.41) is 7.14. The molecule has 0 atom stereocenters. The Morgan fingerprint density at radius 1 is 1.23 bits per heavy atom. The molecule has 2 aromatic rings. The van der Waals surface area contributed by atoms with Crippen LogP contribution < -0.4 is 14.8 Å². The molecule has 0 saturated carbocycles. The lowest BCUT2D eigenvalue weighted by Gasteiger charge is -2.10. The van der Waals surface area contributed by atoms with Gasteiger partial charge in [0, 0.05) is 23.6 Å². The highest BCUT2D eigenvalue weighted by Crippen LogP contribution is 2.27. The number of nitrogens with one attached hydrogen (secondary N) is 1. The van der Waals surface area contributed by atoms with Crippen molar-refractivity contribution in [3.8, 4) is 11.5 Å². The molecule has 6 heteroatoms. The van der Waals surface area contributed by atoms with Crippen LogP contribution in [0.2, 0.25) is 0 Å². The van der Waals surface area contributed by atoms with Crippen molar-refractivity contribution in [2.45, 2.75) is 5.75 Å². The molecule has 0 radical (unpaired) electrons. The molecule has 1 heterocycles. The van der Waals surface area contributed by atoms with E-state index in [9.17, 15) is 4.79 Å². The summed E-state index contributed by atoms with van der Waals surface area (Å²) in [6, 6.07) is 7.28. The normalized spacial score (nSPS) is 10.3. The van der Waals surface area contributed by atoms with E-state index in [-0.39, 0.29) is 5.91 Å². The van der Waals surface area contributed by atoms with Crippen LogP contribution in [0.15, 0.2) is 35.0 Å². The van der Waals surface area contributed by atoms with Gasteiger partial charge in [-0.3, -0.25) is 4.79 Å². The van der Waals surface area contributed by atoms with Crippen molar-refractivity contribution in [3.63, 3.8) is 0 Å². The van der Waals surface area contributed by atoms with Crippen LogP contribution in [0.3, 0.4) is 0 Å². The molecule has 2 rings (SSSR count). The van der Waals surface area contributed by atoms with Gasteiger partial charge in [-0.2, -0.15) is 23.1 Å². The topological polar surface area (TPSA) is 47.6 Å². The summed E-state index contributed by atoms with van der Waals surface area (Å²) in [7, 11) is 3.13. The Labute approximate surface area is 138 Å². The Morgan fingerprint density at radius 3 is 2.73 bits per heavy atom. The number of thioether (sulfide) groups is 1. The standard InChI is InChI=1S/C16H19NO3S2/c1-19-14-4-3-13(9-15(14)20-2)16(18)17-6-8-22-11-12-5-7-21-10-12/h3-5,7,9-10H,6,8,11H2,1-2H3,(H,17,18). The van der Waals surface area contributed by atoms with Gasteiger partial charge in [-0.1, -0.05) is 0 Å². The third-order valence-corrected chi connectivity index (χ3v) is 4.79. The lowest BCUT2D eigenvalue weighted by molar-refractivity contribution is 0.0956. The van der Waals surface area contributed by atoms with Crippen molar-refractivity contribution in [1.29, 1.82) is 0 Å². The Balaban J connectivity index is 1.77. The largest absolute Gasteiger partial charge is 0.493 e. The molecule has 1 aromatic heterocycles. The van der Waals surface area contributed by atoms with Gasteiger partial charge >= 0.3 is 0 Å². The number of ether oxygens (including phenoxy) is 2. The van der Waals surface area contributed by atoms with Gasteiger partial charge < -0.3 is 14.8 Å². The molecule has 0 aliphatic rings. The molecule has 0 aliphatic carbocycles. The molecule has 118 valence electrons. The summed E-state index contributed by atoms with van der Waals surface area (Å²) < 4.78 is 10.4. The number of benzene rings is 1. The van der Waals surface area contributed by atoms with Crippen LogP contribution in [-0.4, -0.2) is 32.4 Å². The van der Waals surface area contributed by atoms with Crippen molar-refractivity contribution in [2.24, 2.45) is 0 Å². The Bertz CT molecular complexity index is 599. The van der Waals surface area contributed by atoms with E-state index in [0.717, 1.165) is 11.5 Å². The number of hydrogen-bond acceptors (Lipinski definition) is 5. The smallest absolute Gasteiger partial charge is 0.251 e. The molecule has 4 nitrogen and oxygen atoms in total. The molecule has 0 saturated heterocycles. The summed E-state index contributed by atoms with van der Waals surface area (Å²) in [4.78, 5) is 12.1. The van der Waals surface area contributed by atoms with Gasteiger partial charge in [0.05, 0.1) is 14.2 Å². The minimum atomic E-state index is -0.0999. The van der Waals surface area contributed by atoms with E-state index < -0.39 is 0 Å². The number of thiophene rings is 1. The third kappa shape index (κ3) is 4.68. The van der Waals surface area contributed by atoms with E-state index in [1.807, 2.05) is 11.8 Å². The van der Waals surface area contributed by atoms with Gasteiger partial charge in [0.1, 0.15) is 0 Å². The minimum absolute atomic E-state index is 0.0999. The first-order chi connectivity index (χ1) is 10.7. The van der Waals surface area contributed by atoms with Gasteiger partial charge in [0.2, 0.25) is 0 Å². The van der Waals surface area contributed by atoms with Crippen LogP contribution >= 0.6 is 23.1 Å². The van der Waals surface area contributed by atoms with Crippen molar-refractivity contribution in [2.75, 3.05) is 26.5 Å². The second-order valence-corrected chi connectivity index (χ2v) is 6.40. The maximum absolute atomic E-state index is 12.1. The summed E-state index contributed by atoms with van der Waals surface area (Å²) in [6.07, 6.45) is 0. The second-order valence-electron chi connectivity index (χ2n) is 4.51. The maximum atomic E-state index is 12.1. The number of rotatable bonds is 8. The Hall–Kier alpha value is -1.66. The zero-order chi connectivity index (χ0) is 15.8. The molecule has 1 aromatic carbocycles. The van der Waals surface area contributed by atoms with Crippen LogP contribution in [0, 0.1) is 0 Å². The SMILES string of the molecule is COc1ccc(C(=O)NCCSCc2ccsc2)cc1OC. The van der Waals surface area contributed by atoms with Crippen LogP contribution in [-0.2, 0) is 5.75 Å². The summed E-state index contributed by atoms with van der Waals surface area (Å²) in [6.45, 7) is 0.641. The number of carbonyl (C=O) groups excluding carboxylic acids is 1. The van der Waals surface area contributed by atoms with Crippen molar-refractivity contribution < 1.29 is 14.3 Å². The highest BCUT2D eigenvalue weighted by molar-refractivity contribution is 7.98. The molecule has 0 fully saturated rings. The molecule has 0 unspecified atom stereocenters. The zero-order valence-corrected chi connectivity index (χ0v) is 14.3. The van der Waals surface area contributed by atoms with Crippen molar-refractivity contribution in [1.82, 2.24) is 5.32 Å². The van der Waals surface area contributed by atoms with E-state index in [0.29, 0.717) is 23.6 Å². The number of amides is 1. The average molecular weight is 337 g/mol. The highest BCUT2D eigenvalue weighted by atomic mass is 32.2. The van der Waals surface area contributed by atoms with Crippen LogP contribution in [0.5, 0.6) is 11.5 Å². The fourth-order valence-electron chi connectivity index (χ4n) is 1.88. The van der Waals surface area contributed by atoms with Crippen LogP contribution in [0.25, 0.3) is 0 Å². The predicted octanol–water partition coefficient (Wildman–Crippen LogP) is 3.43. The molecule has 1 amide bonds. The molecule has 22 heavy (non-hydrogen) atoms. The second kappa shape index (κ2) is 8.70. The van der Waals surface area contributed by atoms with Gasteiger partial charge in [-0.05, 0) is 40.6 Å². The number of hydrogen-bond donors (Lipinski definition) is 1. The fraction of sp³-hybridized carbons (Fsp3) is 0.312. The predicted molar refractivity (Wildman–Crippen MR) is 92.4 cm³/mol. The molecule has 1 N–H and O–H groups in total. The van der Waals surface area contributed by atoms with Gasteiger partial charge in [0.15, 0.2) is 11.5 Å². The summed E-state index contributed by atoms with van der Waals surface area (Å²) >= 11 is 3.52. The van der Waals surface area contributed by atoms with Crippen LogP contribution in [0.1, 0.15) is 15.9 Å². The van der Waals surface area contributed by atoms with E-state index in [4.69, 9.17) is 9.47 Å². The van der Waals surface area contributed by atoms with E-state index >= 15 is 0 Å². The molecule has 0 spiro atoms. The molecular weight excluding hydrogens is 318 g/mol. The van der Waals surface area contributed by atoms with E-state index in [1.54, 1.807) is 43.8 Å². The van der Waals surface area contributed by atoms with Gasteiger partial charge in [-0.15, -0.1) is 0 Å². The Morgan fingerprint density at radius 2 is 2.05 bits per heavy atom.